The Morgan fingerprint density at radius 3 is 2.70 bits per heavy atom. The number of hydrogen-bond donors (Lipinski definition) is 0. The molecule has 1 aromatic carbocycles. The average molecular weight is 271 g/mol. The molecule has 0 spiro atoms. The fourth-order valence-corrected chi connectivity index (χ4v) is 1.77. The van der Waals surface area contributed by atoms with Crippen molar-refractivity contribution in [3.8, 4) is 0 Å². The summed E-state index contributed by atoms with van der Waals surface area (Å²) in [5, 5.41) is 7.89. The molecule has 5 nitrogen and oxygen atoms in total. The molecule has 2 aromatic rings. The summed E-state index contributed by atoms with van der Waals surface area (Å²) in [4.78, 5) is 11.7. The Morgan fingerprint density at radius 2 is 2.05 bits per heavy atom. The van der Waals surface area contributed by atoms with Crippen molar-refractivity contribution in [1.82, 2.24) is 15.0 Å². The molecular weight excluding hydrogens is 254 g/mol. The van der Waals surface area contributed by atoms with Crippen molar-refractivity contribution in [3.63, 3.8) is 0 Å². The van der Waals surface area contributed by atoms with Gasteiger partial charge in [-0.15, -0.1) is 5.10 Å². The maximum Gasteiger partial charge on any atom is 0.361 e. The molecule has 0 aliphatic carbocycles. The van der Waals surface area contributed by atoms with Crippen LogP contribution in [0.15, 0.2) is 36.9 Å². The molecule has 0 bridgehead atoms. The highest BCUT2D eigenvalue weighted by Gasteiger charge is 2.17. The number of hydrogen-bond acceptors (Lipinski definition) is 4. The van der Waals surface area contributed by atoms with E-state index in [1.165, 1.54) is 11.6 Å². The second kappa shape index (κ2) is 6.14. The summed E-state index contributed by atoms with van der Waals surface area (Å²) in [5.41, 5.74) is 3.26. The zero-order chi connectivity index (χ0) is 14.5. The van der Waals surface area contributed by atoms with Crippen molar-refractivity contribution >= 4 is 5.97 Å². The summed E-state index contributed by atoms with van der Waals surface area (Å²) >= 11 is 0. The van der Waals surface area contributed by atoms with Crippen LogP contribution in [-0.4, -0.2) is 27.6 Å². The zero-order valence-electron chi connectivity index (χ0n) is 11.7. The van der Waals surface area contributed by atoms with Crippen LogP contribution in [0.4, 0.5) is 0 Å². The summed E-state index contributed by atoms with van der Waals surface area (Å²) in [7, 11) is 0. The average Bonchev–Trinajstić information content (AvgIpc) is 2.80. The van der Waals surface area contributed by atoms with Gasteiger partial charge < -0.3 is 4.74 Å². The molecule has 5 heteroatoms. The predicted molar refractivity (Wildman–Crippen MR) is 75.5 cm³/mol. The second-order valence-electron chi connectivity index (χ2n) is 4.55. The lowest BCUT2D eigenvalue weighted by Gasteiger charge is -2.04. The van der Waals surface area contributed by atoms with E-state index in [1.807, 2.05) is 31.2 Å². The molecule has 104 valence electrons. The van der Waals surface area contributed by atoms with Crippen LogP contribution in [0, 0.1) is 13.8 Å². The van der Waals surface area contributed by atoms with Gasteiger partial charge in [-0.05, 0) is 19.4 Å². The van der Waals surface area contributed by atoms with E-state index >= 15 is 0 Å². The highest BCUT2D eigenvalue weighted by atomic mass is 16.5. The van der Waals surface area contributed by atoms with E-state index in [0.717, 1.165) is 5.56 Å². The van der Waals surface area contributed by atoms with E-state index in [1.54, 1.807) is 11.6 Å². The molecule has 0 aliphatic heterocycles. The first kappa shape index (κ1) is 14.0. The lowest BCUT2D eigenvalue weighted by molar-refractivity contribution is 0.0542. The van der Waals surface area contributed by atoms with Gasteiger partial charge in [-0.25, -0.2) is 9.48 Å². The van der Waals surface area contributed by atoms with Gasteiger partial charge in [0.1, 0.15) is 6.61 Å². The maximum atomic E-state index is 11.7. The van der Waals surface area contributed by atoms with Crippen molar-refractivity contribution < 1.29 is 9.53 Å². The van der Waals surface area contributed by atoms with E-state index in [4.69, 9.17) is 4.74 Å². The third kappa shape index (κ3) is 3.12. The normalized spacial score (nSPS) is 10.3. The van der Waals surface area contributed by atoms with Crippen LogP contribution in [0.5, 0.6) is 0 Å². The van der Waals surface area contributed by atoms with Gasteiger partial charge in [0.25, 0.3) is 0 Å². The first-order valence-corrected chi connectivity index (χ1v) is 6.35. The smallest absolute Gasteiger partial charge is 0.361 e. The molecule has 0 radical (unpaired) electrons. The molecule has 0 aliphatic rings. The predicted octanol–water partition coefficient (Wildman–Crippen LogP) is 2.29. The summed E-state index contributed by atoms with van der Waals surface area (Å²) < 4.78 is 6.65. The van der Waals surface area contributed by atoms with E-state index in [0.29, 0.717) is 12.2 Å². The summed E-state index contributed by atoms with van der Waals surface area (Å²) in [6.45, 7) is 8.09. The molecule has 0 saturated carbocycles. The Morgan fingerprint density at radius 1 is 1.35 bits per heavy atom. The topological polar surface area (TPSA) is 57.0 Å². The number of benzene rings is 1. The van der Waals surface area contributed by atoms with Gasteiger partial charge in [0.05, 0.1) is 12.2 Å². The van der Waals surface area contributed by atoms with Gasteiger partial charge in [-0.2, -0.15) is 0 Å². The highest BCUT2D eigenvalue weighted by molar-refractivity contribution is 5.88. The molecule has 0 amide bonds. The summed E-state index contributed by atoms with van der Waals surface area (Å²) in [5.74, 6) is -0.474. The number of esters is 1. The van der Waals surface area contributed by atoms with Crippen molar-refractivity contribution in [2.24, 2.45) is 0 Å². The van der Waals surface area contributed by atoms with Gasteiger partial charge in [-0.1, -0.05) is 47.7 Å². The Bertz CT molecular complexity index is 615. The van der Waals surface area contributed by atoms with Gasteiger partial charge >= 0.3 is 5.97 Å². The van der Waals surface area contributed by atoms with E-state index in [2.05, 4.69) is 16.9 Å². The molecule has 0 fully saturated rings. The van der Waals surface area contributed by atoms with Crippen LogP contribution >= 0.6 is 0 Å². The van der Waals surface area contributed by atoms with E-state index in [-0.39, 0.29) is 12.3 Å². The first-order valence-electron chi connectivity index (χ1n) is 6.35. The Hall–Kier alpha value is -2.43. The minimum atomic E-state index is -0.474. The third-order valence-corrected chi connectivity index (χ3v) is 2.96. The van der Waals surface area contributed by atoms with Crippen molar-refractivity contribution in [3.05, 3.63) is 59.4 Å². The lowest BCUT2D eigenvalue weighted by atomic mass is 10.1. The monoisotopic (exact) mass is 271 g/mol. The Labute approximate surface area is 117 Å². The van der Waals surface area contributed by atoms with Gasteiger partial charge in [-0.3, -0.25) is 0 Å². The van der Waals surface area contributed by atoms with Crippen LogP contribution in [-0.2, 0) is 11.3 Å². The number of carbonyl (C=O) groups is 1. The Balaban J connectivity index is 2.14. The minimum Gasteiger partial charge on any atom is -0.457 e. The standard InChI is InChI=1S/C15H17N3O2/c1-4-9-20-15(19)14-12(3)18(17-16-14)10-13-7-5-11(2)6-8-13/h4-8H,1,9-10H2,2-3H3. The molecule has 0 unspecified atom stereocenters. The van der Waals surface area contributed by atoms with Gasteiger partial charge in [0.15, 0.2) is 5.69 Å². The van der Waals surface area contributed by atoms with Crippen molar-refractivity contribution in [2.45, 2.75) is 20.4 Å². The number of nitrogens with zero attached hydrogens (tertiary/aromatic N) is 3. The van der Waals surface area contributed by atoms with E-state index < -0.39 is 5.97 Å². The fraction of sp³-hybridized carbons (Fsp3) is 0.267. The number of aryl methyl sites for hydroxylation is 1. The molecule has 1 aromatic heterocycles. The van der Waals surface area contributed by atoms with Gasteiger partial charge in [0, 0.05) is 0 Å². The largest absolute Gasteiger partial charge is 0.457 e. The van der Waals surface area contributed by atoms with Gasteiger partial charge in [0.2, 0.25) is 0 Å². The quantitative estimate of drug-likeness (QED) is 0.618. The van der Waals surface area contributed by atoms with Crippen LogP contribution in [0.3, 0.4) is 0 Å². The molecule has 0 atom stereocenters. The van der Waals surface area contributed by atoms with Crippen LogP contribution < -0.4 is 0 Å². The van der Waals surface area contributed by atoms with Crippen LogP contribution in [0.25, 0.3) is 0 Å². The molecule has 0 saturated heterocycles. The number of aromatic nitrogens is 3. The van der Waals surface area contributed by atoms with Crippen LogP contribution in [0.2, 0.25) is 0 Å². The third-order valence-electron chi connectivity index (χ3n) is 2.96. The summed E-state index contributed by atoms with van der Waals surface area (Å²) in [6, 6.07) is 8.15. The minimum absolute atomic E-state index is 0.170. The number of ether oxygens (including phenoxy) is 1. The Kier molecular flexibility index (Phi) is 4.30. The molecule has 20 heavy (non-hydrogen) atoms. The zero-order valence-corrected chi connectivity index (χ0v) is 11.7. The number of carbonyl (C=O) groups excluding carboxylic acids is 1. The fourth-order valence-electron chi connectivity index (χ4n) is 1.77. The second-order valence-corrected chi connectivity index (χ2v) is 4.55. The molecular formula is C15H17N3O2. The number of rotatable bonds is 5. The van der Waals surface area contributed by atoms with Crippen molar-refractivity contribution in [2.75, 3.05) is 6.61 Å². The molecule has 1 heterocycles. The first-order chi connectivity index (χ1) is 9.61. The molecule has 0 N–H and O–H groups in total. The van der Waals surface area contributed by atoms with Crippen molar-refractivity contribution in [1.29, 1.82) is 0 Å². The molecule has 2 rings (SSSR count). The lowest BCUT2D eigenvalue weighted by Crippen LogP contribution is -2.09. The maximum absolute atomic E-state index is 11.7. The SMILES string of the molecule is C=CCOC(=O)c1nnn(Cc2ccc(C)cc2)c1C. The highest BCUT2D eigenvalue weighted by Crippen LogP contribution is 2.10. The summed E-state index contributed by atoms with van der Waals surface area (Å²) in [6.07, 6.45) is 1.52. The van der Waals surface area contributed by atoms with E-state index in [9.17, 15) is 4.79 Å². The van der Waals surface area contributed by atoms with Crippen LogP contribution in [0.1, 0.15) is 27.3 Å².